The molecule has 1 aromatic heterocycles. The van der Waals surface area contributed by atoms with Crippen molar-refractivity contribution in [3.8, 4) is 29.0 Å². The molecule has 1 N–H and O–H groups in total. The molecule has 0 amide bonds. The van der Waals surface area contributed by atoms with Crippen LogP contribution in [0, 0.1) is 11.3 Å². The fourth-order valence-electron chi connectivity index (χ4n) is 4.51. The molecule has 0 unspecified atom stereocenters. The van der Waals surface area contributed by atoms with Crippen LogP contribution in [0.15, 0.2) is 42.5 Å². The van der Waals surface area contributed by atoms with Gasteiger partial charge in [-0.2, -0.15) is 5.26 Å². The van der Waals surface area contributed by atoms with Gasteiger partial charge in [0.1, 0.15) is 18.2 Å². The lowest BCUT2D eigenvalue weighted by atomic mass is 10.1. The summed E-state index contributed by atoms with van der Waals surface area (Å²) in [5, 5.41) is 25.0. The van der Waals surface area contributed by atoms with Crippen molar-refractivity contribution in [2.75, 3.05) is 20.0 Å². The van der Waals surface area contributed by atoms with Crippen LogP contribution in [0.3, 0.4) is 0 Å². The van der Waals surface area contributed by atoms with E-state index in [1.807, 2.05) is 36.4 Å². The van der Waals surface area contributed by atoms with Crippen LogP contribution in [-0.4, -0.2) is 58.5 Å². The summed E-state index contributed by atoms with van der Waals surface area (Å²) in [6.07, 6.45) is -0.262. The molecule has 3 aliphatic heterocycles. The number of nitrogens with zero attached hydrogens (tertiary/aromatic N) is 5. The van der Waals surface area contributed by atoms with Gasteiger partial charge in [0.15, 0.2) is 17.3 Å². The highest BCUT2D eigenvalue weighted by molar-refractivity contribution is 5.61. The summed E-state index contributed by atoms with van der Waals surface area (Å²) in [6, 6.07) is 15.3. The zero-order valence-corrected chi connectivity index (χ0v) is 17.0. The Morgan fingerprint density at radius 2 is 1.97 bits per heavy atom. The smallest absolute Gasteiger partial charge is 0.231 e. The van der Waals surface area contributed by atoms with Gasteiger partial charge in [-0.05, 0) is 46.3 Å². The molecule has 0 saturated carbocycles. The van der Waals surface area contributed by atoms with Crippen LogP contribution < -0.4 is 14.8 Å². The molecule has 162 valence electrons. The molecule has 10 heteroatoms. The molecule has 3 aliphatic rings. The van der Waals surface area contributed by atoms with Gasteiger partial charge < -0.3 is 24.3 Å². The minimum absolute atomic E-state index is 0.0428. The Bertz CT molecular complexity index is 1190. The number of tetrazole rings is 1. The Hall–Kier alpha value is -3.52. The maximum Gasteiger partial charge on any atom is 0.231 e. The standard InChI is InChI=1S/C22H20N6O4/c23-8-13-2-1-3-14(6-13)9-24-16-10-29-21-17(11-30-20(16)21)28-22(25-26-27-28)15-4-5-18-19(7-15)32-12-31-18/h1-7,16-17,20-21,24H,9-12H2/t16-,17+,20-,21+/m1/s1. The topological polar surface area (TPSA) is 116 Å². The molecular weight excluding hydrogens is 412 g/mol. The molecule has 0 spiro atoms. The predicted octanol–water partition coefficient (Wildman–Crippen LogP) is 1.44. The van der Waals surface area contributed by atoms with Crippen LogP contribution in [-0.2, 0) is 16.0 Å². The minimum Gasteiger partial charge on any atom is -0.454 e. The number of aromatic nitrogens is 4. The first kappa shape index (κ1) is 19.2. The van der Waals surface area contributed by atoms with E-state index < -0.39 is 0 Å². The van der Waals surface area contributed by atoms with Gasteiger partial charge in [-0.1, -0.05) is 12.1 Å². The summed E-state index contributed by atoms with van der Waals surface area (Å²) in [5.41, 5.74) is 2.54. The van der Waals surface area contributed by atoms with Gasteiger partial charge in [-0.3, -0.25) is 0 Å². The second-order valence-electron chi connectivity index (χ2n) is 7.98. The van der Waals surface area contributed by atoms with Crippen molar-refractivity contribution in [1.82, 2.24) is 25.5 Å². The molecule has 4 atom stereocenters. The van der Waals surface area contributed by atoms with Gasteiger partial charge in [0.05, 0.1) is 30.9 Å². The minimum atomic E-state index is -0.158. The van der Waals surface area contributed by atoms with E-state index in [1.165, 1.54) is 0 Å². The quantitative estimate of drug-likeness (QED) is 0.639. The SMILES string of the molecule is N#Cc1cccc(CN[C@@H]2CO[C@@H]3[C@@H]2OC[C@@H]3n2nnnc2-c2ccc3c(c2)OCO3)c1. The van der Waals surface area contributed by atoms with Crippen molar-refractivity contribution in [2.24, 2.45) is 0 Å². The van der Waals surface area contributed by atoms with E-state index in [-0.39, 0.29) is 31.1 Å². The number of rotatable bonds is 5. The highest BCUT2D eigenvalue weighted by atomic mass is 16.7. The fraction of sp³-hybridized carbons (Fsp3) is 0.364. The first-order valence-corrected chi connectivity index (χ1v) is 10.4. The molecule has 0 radical (unpaired) electrons. The molecule has 4 heterocycles. The van der Waals surface area contributed by atoms with E-state index in [0.717, 1.165) is 11.1 Å². The number of nitrogens with one attached hydrogen (secondary N) is 1. The lowest BCUT2D eigenvalue weighted by Gasteiger charge is -2.18. The number of fused-ring (bicyclic) bond motifs is 2. The zero-order chi connectivity index (χ0) is 21.5. The van der Waals surface area contributed by atoms with Gasteiger partial charge in [-0.25, -0.2) is 4.68 Å². The molecular formula is C22H20N6O4. The third kappa shape index (κ3) is 3.27. The normalized spacial score (nSPS) is 25.6. The lowest BCUT2D eigenvalue weighted by molar-refractivity contribution is 0.0621. The van der Waals surface area contributed by atoms with Crippen molar-refractivity contribution in [3.63, 3.8) is 0 Å². The van der Waals surface area contributed by atoms with Crippen molar-refractivity contribution in [3.05, 3.63) is 53.6 Å². The van der Waals surface area contributed by atoms with E-state index >= 15 is 0 Å². The van der Waals surface area contributed by atoms with Gasteiger partial charge in [0.2, 0.25) is 6.79 Å². The van der Waals surface area contributed by atoms with Crippen LogP contribution in [0.25, 0.3) is 11.4 Å². The fourth-order valence-corrected chi connectivity index (χ4v) is 4.51. The maximum absolute atomic E-state index is 9.09. The third-order valence-electron chi connectivity index (χ3n) is 6.09. The Labute approximate surface area is 183 Å². The van der Waals surface area contributed by atoms with Crippen molar-refractivity contribution in [2.45, 2.75) is 30.8 Å². The van der Waals surface area contributed by atoms with Crippen molar-refractivity contribution in [1.29, 1.82) is 5.26 Å². The molecule has 2 saturated heterocycles. The molecule has 0 aliphatic carbocycles. The Morgan fingerprint density at radius 3 is 2.91 bits per heavy atom. The maximum atomic E-state index is 9.09. The van der Waals surface area contributed by atoms with E-state index in [0.29, 0.717) is 42.6 Å². The molecule has 2 aromatic carbocycles. The summed E-state index contributed by atoms with van der Waals surface area (Å²) < 4.78 is 24.9. The molecule has 6 rings (SSSR count). The van der Waals surface area contributed by atoms with Crippen LogP contribution in [0.5, 0.6) is 11.5 Å². The van der Waals surface area contributed by atoms with Crippen LogP contribution in [0.1, 0.15) is 17.2 Å². The highest BCUT2D eigenvalue weighted by Gasteiger charge is 2.49. The second kappa shape index (κ2) is 7.87. The number of benzene rings is 2. The second-order valence-corrected chi connectivity index (χ2v) is 7.98. The highest BCUT2D eigenvalue weighted by Crippen LogP contribution is 2.38. The molecule has 3 aromatic rings. The number of ether oxygens (including phenoxy) is 4. The van der Waals surface area contributed by atoms with Gasteiger partial charge >= 0.3 is 0 Å². The van der Waals surface area contributed by atoms with E-state index in [1.54, 1.807) is 10.7 Å². The summed E-state index contributed by atoms with van der Waals surface area (Å²) in [4.78, 5) is 0. The molecule has 32 heavy (non-hydrogen) atoms. The van der Waals surface area contributed by atoms with Crippen molar-refractivity contribution < 1.29 is 18.9 Å². The van der Waals surface area contributed by atoms with Crippen LogP contribution in [0.2, 0.25) is 0 Å². The van der Waals surface area contributed by atoms with Crippen LogP contribution in [0.4, 0.5) is 0 Å². The van der Waals surface area contributed by atoms with Crippen LogP contribution >= 0.6 is 0 Å². The van der Waals surface area contributed by atoms with E-state index in [2.05, 4.69) is 26.9 Å². The van der Waals surface area contributed by atoms with Gasteiger partial charge in [0, 0.05) is 12.1 Å². The lowest BCUT2D eigenvalue weighted by Crippen LogP contribution is -2.40. The summed E-state index contributed by atoms with van der Waals surface area (Å²) >= 11 is 0. The van der Waals surface area contributed by atoms with E-state index in [4.69, 9.17) is 24.2 Å². The largest absolute Gasteiger partial charge is 0.454 e. The number of hydrogen-bond donors (Lipinski definition) is 1. The van der Waals surface area contributed by atoms with Gasteiger partial charge in [0.25, 0.3) is 0 Å². The third-order valence-corrected chi connectivity index (χ3v) is 6.09. The van der Waals surface area contributed by atoms with E-state index in [9.17, 15) is 0 Å². The number of nitriles is 1. The Balaban J connectivity index is 1.17. The Kier molecular flexibility index (Phi) is 4.72. The van der Waals surface area contributed by atoms with Crippen molar-refractivity contribution >= 4 is 0 Å². The zero-order valence-electron chi connectivity index (χ0n) is 17.0. The summed E-state index contributed by atoms with van der Waals surface area (Å²) in [5.74, 6) is 2.02. The average Bonchev–Trinajstić information content (AvgIpc) is 3.61. The number of hydrogen-bond acceptors (Lipinski definition) is 9. The first-order valence-electron chi connectivity index (χ1n) is 10.4. The monoisotopic (exact) mass is 432 g/mol. The van der Waals surface area contributed by atoms with Gasteiger partial charge in [-0.15, -0.1) is 5.10 Å². The average molecular weight is 432 g/mol. The molecule has 10 nitrogen and oxygen atoms in total. The Morgan fingerprint density at radius 1 is 1.06 bits per heavy atom. The predicted molar refractivity (Wildman–Crippen MR) is 110 cm³/mol. The summed E-state index contributed by atoms with van der Waals surface area (Å²) in [7, 11) is 0. The molecule has 0 bridgehead atoms. The first-order chi connectivity index (χ1) is 15.8. The summed E-state index contributed by atoms with van der Waals surface area (Å²) in [6.45, 7) is 1.84. The molecule has 2 fully saturated rings.